The minimum Gasteiger partial charge on any atom is -0.467 e. The number of rotatable bonds is 2. The van der Waals surface area contributed by atoms with Crippen molar-refractivity contribution in [2.45, 2.75) is 37.8 Å². The summed E-state index contributed by atoms with van der Waals surface area (Å²) < 4.78 is 4.76. The monoisotopic (exact) mass is 240 g/mol. The van der Waals surface area contributed by atoms with Gasteiger partial charge in [-0.25, -0.2) is 4.79 Å². The third-order valence-corrected chi connectivity index (χ3v) is 3.81. The van der Waals surface area contributed by atoms with Crippen LogP contribution in [0.3, 0.4) is 0 Å². The Morgan fingerprint density at radius 2 is 1.76 bits per heavy atom. The largest absolute Gasteiger partial charge is 0.467 e. The maximum Gasteiger partial charge on any atom is 0.328 e. The van der Waals surface area contributed by atoms with Crippen LogP contribution in [0.5, 0.6) is 0 Å². The molecule has 0 aliphatic carbocycles. The van der Waals surface area contributed by atoms with Crippen molar-refractivity contribution in [3.63, 3.8) is 0 Å². The van der Waals surface area contributed by atoms with Gasteiger partial charge in [-0.1, -0.05) is 0 Å². The average Bonchev–Trinajstić information content (AvgIpc) is 2.95. The number of nitrogens with zero attached hydrogens (tertiary/aromatic N) is 2. The Balaban J connectivity index is 2.05. The summed E-state index contributed by atoms with van der Waals surface area (Å²) in [4.78, 5) is 27.7. The highest BCUT2D eigenvalue weighted by Gasteiger charge is 2.39. The summed E-state index contributed by atoms with van der Waals surface area (Å²) in [7, 11) is 3.35. The summed E-state index contributed by atoms with van der Waals surface area (Å²) in [5.74, 6) is -0.186. The van der Waals surface area contributed by atoms with Gasteiger partial charge in [0.1, 0.15) is 6.04 Å². The molecule has 2 heterocycles. The highest BCUT2D eigenvalue weighted by molar-refractivity contribution is 5.88. The predicted octanol–water partition coefficient (Wildman–Crippen LogP) is 0.245. The summed E-state index contributed by atoms with van der Waals surface area (Å²) in [5, 5.41) is 0. The molecule has 0 saturated carbocycles. The van der Waals surface area contributed by atoms with Crippen LogP contribution in [0.15, 0.2) is 0 Å². The van der Waals surface area contributed by atoms with Crippen molar-refractivity contribution in [2.75, 3.05) is 27.2 Å². The highest BCUT2D eigenvalue weighted by atomic mass is 16.5. The molecule has 0 aromatic heterocycles. The molecule has 5 nitrogen and oxygen atoms in total. The smallest absolute Gasteiger partial charge is 0.328 e. The Hall–Kier alpha value is -1.10. The first kappa shape index (κ1) is 12.4. The molecule has 2 aliphatic rings. The summed E-state index contributed by atoms with van der Waals surface area (Å²) in [6, 6.07) is -0.401. The molecule has 2 atom stereocenters. The molecule has 0 radical (unpaired) electrons. The predicted molar refractivity (Wildman–Crippen MR) is 62.4 cm³/mol. The third kappa shape index (κ3) is 2.29. The van der Waals surface area contributed by atoms with Crippen molar-refractivity contribution in [3.05, 3.63) is 0 Å². The Morgan fingerprint density at radius 3 is 2.35 bits per heavy atom. The number of hydrogen-bond acceptors (Lipinski definition) is 4. The summed E-state index contributed by atoms with van der Waals surface area (Å²) >= 11 is 0. The first-order valence-electron chi connectivity index (χ1n) is 6.23. The van der Waals surface area contributed by atoms with Gasteiger partial charge in [0.15, 0.2) is 0 Å². The second kappa shape index (κ2) is 5.04. The zero-order valence-corrected chi connectivity index (χ0v) is 10.5. The fourth-order valence-corrected chi connectivity index (χ4v) is 2.83. The molecule has 1 amide bonds. The molecule has 5 heteroatoms. The number of amides is 1. The molecular weight excluding hydrogens is 220 g/mol. The Labute approximate surface area is 102 Å². The lowest BCUT2D eigenvalue weighted by Crippen LogP contribution is -2.48. The van der Waals surface area contributed by atoms with Gasteiger partial charge in [0, 0.05) is 6.54 Å². The van der Waals surface area contributed by atoms with Gasteiger partial charge >= 0.3 is 5.97 Å². The van der Waals surface area contributed by atoms with E-state index in [2.05, 4.69) is 4.90 Å². The van der Waals surface area contributed by atoms with Gasteiger partial charge in [0.05, 0.1) is 13.2 Å². The third-order valence-electron chi connectivity index (χ3n) is 3.81. The fourth-order valence-electron chi connectivity index (χ4n) is 2.83. The van der Waals surface area contributed by atoms with Crippen molar-refractivity contribution in [3.8, 4) is 0 Å². The van der Waals surface area contributed by atoms with Crippen LogP contribution in [0, 0.1) is 0 Å². The summed E-state index contributed by atoms with van der Waals surface area (Å²) in [6.45, 7) is 1.65. The van der Waals surface area contributed by atoms with E-state index in [1.165, 1.54) is 7.11 Å². The topological polar surface area (TPSA) is 49.9 Å². The van der Waals surface area contributed by atoms with Crippen molar-refractivity contribution in [2.24, 2.45) is 0 Å². The van der Waals surface area contributed by atoms with E-state index in [1.54, 1.807) is 4.90 Å². The number of likely N-dealkylation sites (tertiary alicyclic amines) is 2. The van der Waals surface area contributed by atoms with Gasteiger partial charge in [0.25, 0.3) is 0 Å². The van der Waals surface area contributed by atoms with Crippen LogP contribution < -0.4 is 0 Å². The zero-order chi connectivity index (χ0) is 12.4. The molecule has 2 rings (SSSR count). The molecule has 17 heavy (non-hydrogen) atoms. The minimum atomic E-state index is -0.360. The van der Waals surface area contributed by atoms with Gasteiger partial charge in [-0.05, 0) is 39.3 Å². The Bertz CT molecular complexity index is 319. The van der Waals surface area contributed by atoms with Crippen LogP contribution in [0.1, 0.15) is 25.7 Å². The lowest BCUT2D eigenvalue weighted by molar-refractivity contribution is -0.152. The zero-order valence-electron chi connectivity index (χ0n) is 10.5. The van der Waals surface area contributed by atoms with E-state index in [0.717, 1.165) is 32.2 Å². The maximum absolute atomic E-state index is 12.4. The molecule has 2 fully saturated rings. The van der Waals surface area contributed by atoms with Crippen LogP contribution in [0.2, 0.25) is 0 Å². The molecule has 2 saturated heterocycles. The number of likely N-dealkylation sites (N-methyl/N-ethyl adjacent to an activating group) is 1. The number of carbonyl (C=O) groups is 2. The van der Waals surface area contributed by atoms with Crippen molar-refractivity contribution < 1.29 is 14.3 Å². The molecule has 96 valence electrons. The lowest BCUT2D eigenvalue weighted by atomic mass is 10.1. The molecule has 2 aliphatic heterocycles. The van der Waals surface area contributed by atoms with E-state index in [1.807, 2.05) is 7.05 Å². The molecule has 0 aromatic carbocycles. The van der Waals surface area contributed by atoms with Gasteiger partial charge < -0.3 is 9.64 Å². The Morgan fingerprint density at radius 1 is 1.12 bits per heavy atom. The quantitative estimate of drug-likeness (QED) is 0.649. The molecule has 0 N–H and O–H groups in total. The SMILES string of the molecule is COC(=O)[C@H]1CCCN1C(=O)[C@@H]1CCCN1C. The first-order chi connectivity index (χ1) is 8.15. The molecule has 0 unspecified atom stereocenters. The minimum absolute atomic E-state index is 0.0414. The van der Waals surface area contributed by atoms with E-state index in [4.69, 9.17) is 4.74 Å². The van der Waals surface area contributed by atoms with E-state index >= 15 is 0 Å². The van der Waals surface area contributed by atoms with Crippen LogP contribution in [-0.2, 0) is 14.3 Å². The van der Waals surface area contributed by atoms with Crippen LogP contribution in [0.4, 0.5) is 0 Å². The van der Waals surface area contributed by atoms with Crippen LogP contribution in [0.25, 0.3) is 0 Å². The summed E-state index contributed by atoms with van der Waals surface area (Å²) in [5.41, 5.74) is 0. The maximum atomic E-state index is 12.4. The first-order valence-corrected chi connectivity index (χ1v) is 6.23. The average molecular weight is 240 g/mol. The number of esters is 1. The van der Waals surface area contributed by atoms with Crippen LogP contribution >= 0.6 is 0 Å². The molecule has 0 bridgehead atoms. The van der Waals surface area contributed by atoms with Crippen molar-refractivity contribution >= 4 is 11.9 Å². The number of hydrogen-bond donors (Lipinski definition) is 0. The second-order valence-electron chi connectivity index (χ2n) is 4.85. The van der Waals surface area contributed by atoms with Crippen molar-refractivity contribution in [1.82, 2.24) is 9.80 Å². The second-order valence-corrected chi connectivity index (χ2v) is 4.85. The van der Waals surface area contributed by atoms with Gasteiger partial charge in [-0.3, -0.25) is 9.69 Å². The van der Waals surface area contributed by atoms with Gasteiger partial charge in [-0.2, -0.15) is 0 Å². The number of methoxy groups -OCH3 is 1. The standard InChI is InChI=1S/C12H20N2O3/c1-13-7-3-5-9(13)11(15)14-8-4-6-10(14)12(16)17-2/h9-10H,3-8H2,1-2H3/t9-,10+/m0/s1. The molecule has 0 aromatic rings. The van der Waals surface area contributed by atoms with E-state index in [9.17, 15) is 9.59 Å². The molecule has 0 spiro atoms. The summed E-state index contributed by atoms with van der Waals surface area (Å²) in [6.07, 6.45) is 3.58. The van der Waals surface area contributed by atoms with Gasteiger partial charge in [-0.15, -0.1) is 0 Å². The van der Waals surface area contributed by atoms with Gasteiger partial charge in [0.2, 0.25) is 5.91 Å². The van der Waals surface area contributed by atoms with Crippen LogP contribution in [-0.4, -0.2) is 61.0 Å². The van der Waals surface area contributed by atoms with E-state index in [-0.39, 0.29) is 24.0 Å². The van der Waals surface area contributed by atoms with Crippen molar-refractivity contribution in [1.29, 1.82) is 0 Å². The fraction of sp³-hybridized carbons (Fsp3) is 0.833. The lowest BCUT2D eigenvalue weighted by Gasteiger charge is -2.28. The van der Waals surface area contributed by atoms with E-state index < -0.39 is 0 Å². The highest BCUT2D eigenvalue weighted by Crippen LogP contribution is 2.24. The normalized spacial score (nSPS) is 29.6. The Kier molecular flexibility index (Phi) is 3.66. The molecular formula is C12H20N2O3. The number of ether oxygens (including phenoxy) is 1. The number of carbonyl (C=O) groups excluding carboxylic acids is 2. The van der Waals surface area contributed by atoms with E-state index in [0.29, 0.717) is 6.54 Å².